The zero-order valence-electron chi connectivity index (χ0n) is 14.9. The molecular weight excluding hydrogens is 326 g/mol. The molecule has 0 aliphatic carbocycles. The van der Waals surface area contributed by atoms with Gasteiger partial charge in [0.05, 0.1) is 0 Å². The summed E-state index contributed by atoms with van der Waals surface area (Å²) in [6.07, 6.45) is 0. The van der Waals surface area contributed by atoms with E-state index in [2.05, 4.69) is 31.4 Å². The van der Waals surface area contributed by atoms with Crippen molar-refractivity contribution in [3.63, 3.8) is 0 Å². The van der Waals surface area contributed by atoms with E-state index >= 15 is 0 Å². The topological polar surface area (TPSA) is 61.4 Å². The lowest BCUT2D eigenvalue weighted by Gasteiger charge is -2.34. The van der Waals surface area contributed by atoms with Crippen LogP contribution in [0.2, 0.25) is 0 Å². The van der Waals surface area contributed by atoms with E-state index < -0.39 is 0 Å². The Kier molecular flexibility index (Phi) is 7.24. The average Bonchev–Trinajstić information content (AvgIpc) is 2.52. The Morgan fingerprint density at radius 3 is 2.33 bits per heavy atom. The van der Waals surface area contributed by atoms with Gasteiger partial charge in [-0.3, -0.25) is 9.59 Å². The van der Waals surface area contributed by atoms with Gasteiger partial charge in [-0.15, -0.1) is 12.4 Å². The highest BCUT2D eigenvalue weighted by atomic mass is 35.5. The van der Waals surface area contributed by atoms with Crippen LogP contribution in [-0.2, 0) is 0 Å². The number of carbonyl (C=O) groups is 2. The molecule has 2 amide bonds. The number of nitrogens with one attached hydrogen (secondary N) is 2. The molecule has 0 spiro atoms. The highest BCUT2D eigenvalue weighted by Gasteiger charge is 2.24. The fourth-order valence-corrected chi connectivity index (χ4v) is 2.52. The minimum absolute atomic E-state index is 0. The van der Waals surface area contributed by atoms with Crippen molar-refractivity contribution in [1.82, 2.24) is 15.5 Å². The van der Waals surface area contributed by atoms with Gasteiger partial charge in [-0.2, -0.15) is 0 Å². The van der Waals surface area contributed by atoms with Gasteiger partial charge in [0.25, 0.3) is 11.8 Å². The molecule has 1 saturated heterocycles. The molecule has 2 N–H and O–H groups in total. The Balaban J connectivity index is 0.00000288. The monoisotopic (exact) mass is 353 g/mol. The number of hydrogen-bond donors (Lipinski definition) is 2. The molecule has 0 unspecified atom stereocenters. The summed E-state index contributed by atoms with van der Waals surface area (Å²) in [5, 5.41) is 6.19. The fraction of sp³-hybridized carbons (Fsp3) is 0.556. The maximum atomic E-state index is 12.5. The van der Waals surface area contributed by atoms with E-state index in [1.165, 1.54) is 0 Å². The summed E-state index contributed by atoms with van der Waals surface area (Å²) < 4.78 is 0. The van der Waals surface area contributed by atoms with E-state index in [-0.39, 0.29) is 35.7 Å². The largest absolute Gasteiger partial charge is 0.352 e. The third-order valence-corrected chi connectivity index (χ3v) is 3.94. The van der Waals surface area contributed by atoms with Crippen LogP contribution in [0.15, 0.2) is 24.3 Å². The Labute approximate surface area is 150 Å². The molecule has 1 aliphatic heterocycles. The lowest BCUT2D eigenvalue weighted by atomic mass is 9.97. The fourth-order valence-electron chi connectivity index (χ4n) is 2.52. The zero-order valence-corrected chi connectivity index (χ0v) is 15.7. The summed E-state index contributed by atoms with van der Waals surface area (Å²) in [6.45, 7) is 11.2. The van der Waals surface area contributed by atoms with E-state index in [1.54, 1.807) is 24.3 Å². The molecule has 0 radical (unpaired) electrons. The van der Waals surface area contributed by atoms with Crippen molar-refractivity contribution < 1.29 is 9.59 Å². The molecule has 0 saturated carbocycles. The second kappa shape index (κ2) is 8.49. The van der Waals surface area contributed by atoms with Crippen LogP contribution in [-0.4, -0.2) is 48.9 Å². The number of nitrogens with zero attached hydrogens (tertiary/aromatic N) is 1. The predicted octanol–water partition coefficient (Wildman–Crippen LogP) is 2.32. The first kappa shape index (κ1) is 20.5. The summed E-state index contributed by atoms with van der Waals surface area (Å²) in [5.41, 5.74) is 1.26. The van der Waals surface area contributed by atoms with Crippen LogP contribution in [0.5, 0.6) is 0 Å². The van der Waals surface area contributed by atoms with Gasteiger partial charge >= 0.3 is 0 Å². The number of benzene rings is 1. The number of rotatable bonds is 3. The van der Waals surface area contributed by atoms with Crippen LogP contribution in [0.25, 0.3) is 0 Å². The van der Waals surface area contributed by atoms with Crippen LogP contribution >= 0.6 is 12.4 Å². The first-order valence-electron chi connectivity index (χ1n) is 8.18. The number of halogens is 1. The van der Waals surface area contributed by atoms with Crippen molar-refractivity contribution in [2.24, 2.45) is 5.41 Å². The van der Waals surface area contributed by atoms with Gasteiger partial charge in [-0.25, -0.2) is 0 Å². The van der Waals surface area contributed by atoms with Crippen LogP contribution in [0.4, 0.5) is 0 Å². The first-order chi connectivity index (χ1) is 10.8. The van der Waals surface area contributed by atoms with E-state index in [9.17, 15) is 9.59 Å². The maximum Gasteiger partial charge on any atom is 0.254 e. The van der Waals surface area contributed by atoms with Gasteiger partial charge in [0.15, 0.2) is 0 Å². The Bertz CT molecular complexity index is 567. The molecule has 1 atom stereocenters. The van der Waals surface area contributed by atoms with Crippen LogP contribution in [0.1, 0.15) is 48.4 Å². The molecule has 6 heteroatoms. The summed E-state index contributed by atoms with van der Waals surface area (Å²) in [7, 11) is 0. The van der Waals surface area contributed by atoms with Gasteiger partial charge in [0.1, 0.15) is 0 Å². The van der Waals surface area contributed by atoms with Crippen molar-refractivity contribution in [3.05, 3.63) is 35.4 Å². The van der Waals surface area contributed by atoms with Gasteiger partial charge in [0, 0.05) is 43.3 Å². The zero-order chi connectivity index (χ0) is 17.0. The lowest BCUT2D eigenvalue weighted by Crippen LogP contribution is -2.52. The van der Waals surface area contributed by atoms with E-state index in [1.807, 2.05) is 11.8 Å². The molecule has 1 aromatic carbocycles. The molecule has 5 nitrogen and oxygen atoms in total. The number of amides is 2. The van der Waals surface area contributed by atoms with Crippen molar-refractivity contribution in [2.75, 3.05) is 26.2 Å². The second-order valence-corrected chi connectivity index (χ2v) is 7.37. The van der Waals surface area contributed by atoms with Crippen molar-refractivity contribution in [3.8, 4) is 0 Å². The molecule has 2 rings (SSSR count). The average molecular weight is 354 g/mol. The van der Waals surface area contributed by atoms with Gasteiger partial charge in [-0.05, 0) is 36.6 Å². The molecule has 1 aromatic rings. The number of piperazine rings is 1. The Hall–Kier alpha value is -1.59. The molecule has 24 heavy (non-hydrogen) atoms. The second-order valence-electron chi connectivity index (χ2n) is 7.37. The van der Waals surface area contributed by atoms with Crippen LogP contribution in [0, 0.1) is 5.41 Å². The minimum atomic E-state index is -0.102. The highest BCUT2D eigenvalue weighted by molar-refractivity contribution is 5.98. The Morgan fingerprint density at radius 1 is 1.21 bits per heavy atom. The van der Waals surface area contributed by atoms with Crippen LogP contribution < -0.4 is 10.6 Å². The summed E-state index contributed by atoms with van der Waals surface area (Å²) in [4.78, 5) is 26.5. The van der Waals surface area contributed by atoms with Gasteiger partial charge < -0.3 is 15.5 Å². The third-order valence-electron chi connectivity index (χ3n) is 3.94. The molecule has 0 aromatic heterocycles. The summed E-state index contributed by atoms with van der Waals surface area (Å²) >= 11 is 0. The van der Waals surface area contributed by atoms with Crippen molar-refractivity contribution >= 4 is 24.2 Å². The molecule has 1 heterocycles. The minimum Gasteiger partial charge on any atom is -0.352 e. The molecular formula is C18H28ClN3O2. The van der Waals surface area contributed by atoms with Crippen molar-refractivity contribution in [1.29, 1.82) is 0 Å². The number of hydrogen-bond acceptors (Lipinski definition) is 3. The standard InChI is InChI=1S/C18H27N3O2.ClH/c1-13-11-19-9-10-21(13)17(23)15-7-5-14(6-8-15)16(22)20-12-18(2,3)4;/h5-8,13,19H,9-12H2,1-4H3,(H,20,22);1H/t13-;/m0./s1. The van der Waals surface area contributed by atoms with Gasteiger partial charge in [0.2, 0.25) is 0 Å². The smallest absolute Gasteiger partial charge is 0.254 e. The summed E-state index contributed by atoms with van der Waals surface area (Å²) in [6, 6.07) is 7.11. The van der Waals surface area contributed by atoms with Gasteiger partial charge in [-0.1, -0.05) is 20.8 Å². The SMILES string of the molecule is C[C@H]1CNCCN1C(=O)c1ccc(C(=O)NCC(C)(C)C)cc1.Cl. The molecule has 1 fully saturated rings. The molecule has 134 valence electrons. The quantitative estimate of drug-likeness (QED) is 0.876. The Morgan fingerprint density at radius 2 is 1.79 bits per heavy atom. The van der Waals surface area contributed by atoms with E-state index in [0.717, 1.165) is 13.1 Å². The maximum absolute atomic E-state index is 12.5. The predicted molar refractivity (Wildman–Crippen MR) is 98.8 cm³/mol. The highest BCUT2D eigenvalue weighted by Crippen LogP contribution is 2.13. The normalized spacial score (nSPS) is 17.8. The van der Waals surface area contributed by atoms with Crippen LogP contribution in [0.3, 0.4) is 0 Å². The number of carbonyl (C=O) groups excluding carboxylic acids is 2. The lowest BCUT2D eigenvalue weighted by molar-refractivity contribution is 0.0655. The summed E-state index contributed by atoms with van der Waals surface area (Å²) in [5.74, 6) is -0.0740. The molecule has 0 bridgehead atoms. The first-order valence-corrected chi connectivity index (χ1v) is 8.18. The van der Waals surface area contributed by atoms with Crippen molar-refractivity contribution in [2.45, 2.75) is 33.7 Å². The van der Waals surface area contributed by atoms with E-state index in [4.69, 9.17) is 0 Å². The molecule has 1 aliphatic rings. The van der Waals surface area contributed by atoms with E-state index in [0.29, 0.717) is 24.2 Å². The third kappa shape index (κ3) is 5.49.